The Morgan fingerprint density at radius 1 is 0.750 bits per heavy atom. The molecule has 10 amide bonds. The number of rotatable bonds is 27. The summed E-state index contributed by atoms with van der Waals surface area (Å²) in [5.74, 6) is -1.50. The first-order valence-corrected chi connectivity index (χ1v) is 28.0. The van der Waals surface area contributed by atoms with E-state index in [1.165, 1.54) is 43.4 Å². The maximum atomic E-state index is 14.2. The number of urea groups is 1. The highest BCUT2D eigenvalue weighted by Gasteiger charge is 2.46. The van der Waals surface area contributed by atoms with Crippen LogP contribution in [0, 0.1) is 0 Å². The molecule has 25 heteroatoms. The fraction of sp³-hybridized carbons (Fsp3) is 0.441. The fourth-order valence-electron chi connectivity index (χ4n) is 10.6. The van der Waals surface area contributed by atoms with E-state index in [1.807, 2.05) is 4.90 Å². The Balaban J connectivity index is 0.842. The third kappa shape index (κ3) is 15.1. The molecule has 0 aliphatic carbocycles. The number of nitrogens with two attached hydrogens (primary N) is 1. The number of aliphatic hydroxyl groups excluding tert-OH is 1. The first-order chi connectivity index (χ1) is 40.4. The zero-order valence-electron chi connectivity index (χ0n) is 47.2. The van der Waals surface area contributed by atoms with Gasteiger partial charge in [-0.25, -0.2) is 14.5 Å². The molecule has 3 aromatic rings. The van der Waals surface area contributed by atoms with Gasteiger partial charge in [0.15, 0.2) is 29.2 Å². The van der Waals surface area contributed by atoms with Crippen molar-refractivity contribution in [1.29, 1.82) is 0 Å². The number of methoxy groups -OCH3 is 2. The molecular formula is C59H72N10O15. The first kappa shape index (κ1) is 61.0. The van der Waals surface area contributed by atoms with E-state index in [9.17, 15) is 48.3 Å². The number of aliphatic hydroxyl groups is 1. The highest BCUT2D eigenvalue weighted by Crippen LogP contribution is 2.43. The minimum atomic E-state index is -1.55. The van der Waals surface area contributed by atoms with E-state index in [0.29, 0.717) is 97.8 Å². The van der Waals surface area contributed by atoms with Gasteiger partial charge in [0.1, 0.15) is 12.6 Å². The van der Waals surface area contributed by atoms with E-state index in [-0.39, 0.29) is 105 Å². The number of nitrogens with zero attached hydrogens (tertiary/aromatic N) is 4. The van der Waals surface area contributed by atoms with E-state index in [0.717, 1.165) is 21.8 Å². The van der Waals surface area contributed by atoms with Gasteiger partial charge in [-0.2, -0.15) is 0 Å². The van der Waals surface area contributed by atoms with E-state index in [1.54, 1.807) is 36.4 Å². The summed E-state index contributed by atoms with van der Waals surface area (Å²) in [6.07, 6.45) is 4.81. The third-order valence-electron chi connectivity index (χ3n) is 15.0. The monoisotopic (exact) mass is 1160 g/mol. The number of ether oxygens (including phenoxy) is 5. The number of amides is 10. The summed E-state index contributed by atoms with van der Waals surface area (Å²) in [4.78, 5) is 121. The van der Waals surface area contributed by atoms with Crippen LogP contribution >= 0.6 is 0 Å². The average Bonchev–Trinajstić information content (AvgIpc) is 3.20. The van der Waals surface area contributed by atoms with Gasteiger partial charge in [0.25, 0.3) is 23.6 Å². The molecule has 5 aliphatic heterocycles. The van der Waals surface area contributed by atoms with Crippen LogP contribution in [-0.2, 0) is 35.3 Å². The maximum Gasteiger partial charge on any atom is 0.416 e. The Morgan fingerprint density at radius 2 is 1.39 bits per heavy atom. The molecule has 4 atom stereocenters. The Morgan fingerprint density at radius 3 is 2.08 bits per heavy atom. The summed E-state index contributed by atoms with van der Waals surface area (Å²) in [6.45, 7) is 9.65. The van der Waals surface area contributed by atoms with E-state index < -0.39 is 60.6 Å². The number of nitrogens with one attached hydrogen (secondary N) is 5. The second-order valence-corrected chi connectivity index (χ2v) is 21.0. The van der Waals surface area contributed by atoms with Crippen molar-refractivity contribution in [1.82, 2.24) is 30.7 Å². The van der Waals surface area contributed by atoms with Gasteiger partial charge in [-0.1, -0.05) is 42.9 Å². The number of anilines is 3. The number of fused-ring (bicyclic) bond motifs is 4. The van der Waals surface area contributed by atoms with Gasteiger partial charge in [-0.3, -0.25) is 38.5 Å². The van der Waals surface area contributed by atoms with Gasteiger partial charge in [0.2, 0.25) is 17.7 Å². The van der Waals surface area contributed by atoms with Crippen LogP contribution in [0.5, 0.6) is 23.0 Å². The van der Waals surface area contributed by atoms with Crippen molar-refractivity contribution in [3.8, 4) is 23.0 Å². The van der Waals surface area contributed by atoms with E-state index >= 15 is 0 Å². The third-order valence-corrected chi connectivity index (χ3v) is 15.0. The SMILES string of the molecule is C=C1CC2CNc3cc(OCCCCCOc4cc5c(cc4OC)C(=O)N4CC(=C)C[C@H]4[C@H](O)N5C(=O)OCc4ccc(NC(=O)[C@H](CCCNC(N)=O)NC(=O)CNC(=O)CCCCCN5C(=O)C=CC5=O)cc4)c(OC)cc3C(=O)N2C1. The van der Waals surface area contributed by atoms with Gasteiger partial charge >= 0.3 is 12.1 Å². The second-order valence-electron chi connectivity index (χ2n) is 21.0. The lowest BCUT2D eigenvalue weighted by atomic mass is 10.1. The summed E-state index contributed by atoms with van der Waals surface area (Å²) in [5, 5.41) is 25.7. The van der Waals surface area contributed by atoms with Crippen LogP contribution in [0.3, 0.4) is 0 Å². The molecule has 2 saturated heterocycles. The molecule has 0 aromatic heterocycles. The standard InChI is InChI=1S/C59H72N10O15/c1-35-24-39-30-62-43-28-48(46(80-3)26-40(43)55(75)67(39)32-35)82-22-9-6-10-23-83-49-29-44-41(27-47(49)81-4)56(76)68-33-36(2)25-45(68)57(77)69(44)59(79)84-34-37-14-16-38(17-15-37)64-54(74)42(12-11-20-61-58(60)78)65-51(71)31-63-50(70)13-7-5-8-21-66-52(72)18-19-53(66)73/h14-19,26-29,39,42,45,57,62,77H,1-2,5-13,20-25,30-34H2,3-4H3,(H,63,70)(H,64,74)(H,65,71)(H3,60,61,78)/t39?,42-,45-,57-/m0/s1. The lowest BCUT2D eigenvalue weighted by molar-refractivity contribution is -0.137. The Labute approximate surface area is 485 Å². The lowest BCUT2D eigenvalue weighted by Crippen LogP contribution is -2.50. The van der Waals surface area contributed by atoms with Crippen molar-refractivity contribution in [2.24, 2.45) is 5.73 Å². The molecule has 1 unspecified atom stereocenters. The molecule has 3 aromatic carbocycles. The zero-order valence-corrected chi connectivity index (χ0v) is 47.2. The minimum absolute atomic E-state index is 0.0336. The number of carbonyl (C=O) groups excluding carboxylic acids is 9. The van der Waals surface area contributed by atoms with Crippen molar-refractivity contribution in [3.05, 3.63) is 102 Å². The molecule has 0 bridgehead atoms. The number of imide groups is 1. The largest absolute Gasteiger partial charge is 0.493 e. The summed E-state index contributed by atoms with van der Waals surface area (Å²) >= 11 is 0. The van der Waals surface area contributed by atoms with Crippen LogP contribution in [0.15, 0.2) is 85.0 Å². The van der Waals surface area contributed by atoms with Crippen LogP contribution in [0.4, 0.5) is 26.7 Å². The molecule has 5 aliphatic rings. The van der Waals surface area contributed by atoms with Crippen molar-refractivity contribution in [3.63, 3.8) is 0 Å². The van der Waals surface area contributed by atoms with Crippen LogP contribution in [0.25, 0.3) is 0 Å². The van der Waals surface area contributed by atoms with Gasteiger partial charge < -0.3 is 70.9 Å². The summed E-state index contributed by atoms with van der Waals surface area (Å²) in [5.41, 5.74) is 9.04. The molecule has 5 heterocycles. The normalized spacial score (nSPS) is 18.2. The summed E-state index contributed by atoms with van der Waals surface area (Å²) < 4.78 is 29.5. The number of primary amides is 1. The molecule has 0 spiro atoms. The van der Waals surface area contributed by atoms with Gasteiger partial charge in [-0.15, -0.1) is 0 Å². The molecule has 84 heavy (non-hydrogen) atoms. The van der Waals surface area contributed by atoms with Gasteiger partial charge in [-0.05, 0) is 87.6 Å². The Bertz CT molecular complexity index is 3060. The predicted octanol–water partition coefficient (Wildman–Crippen LogP) is 4.25. The van der Waals surface area contributed by atoms with Crippen molar-refractivity contribution in [2.75, 3.05) is 82.2 Å². The molecule has 0 saturated carbocycles. The molecule has 448 valence electrons. The average molecular weight is 1160 g/mol. The highest BCUT2D eigenvalue weighted by atomic mass is 16.6. The Hall–Kier alpha value is -9.13. The number of carbonyl (C=O) groups is 9. The van der Waals surface area contributed by atoms with Crippen molar-refractivity contribution >= 4 is 70.5 Å². The molecule has 0 radical (unpaired) electrons. The van der Waals surface area contributed by atoms with Crippen LogP contribution in [-0.4, -0.2) is 164 Å². The number of unbranched alkanes of at least 4 members (excludes halogenated alkanes) is 4. The molecule has 2 fully saturated rings. The van der Waals surface area contributed by atoms with Crippen LogP contribution < -0.4 is 56.2 Å². The summed E-state index contributed by atoms with van der Waals surface area (Å²) in [7, 11) is 2.96. The fourth-order valence-corrected chi connectivity index (χ4v) is 10.6. The number of hydrogen-bond acceptors (Lipinski definition) is 16. The number of benzene rings is 3. The minimum Gasteiger partial charge on any atom is -0.493 e. The first-order valence-electron chi connectivity index (χ1n) is 28.0. The number of hydrogen-bond donors (Lipinski definition) is 7. The summed E-state index contributed by atoms with van der Waals surface area (Å²) in [6, 6.07) is 10.1. The Kier molecular flexibility index (Phi) is 20.5. The van der Waals surface area contributed by atoms with E-state index in [2.05, 4.69) is 39.7 Å². The van der Waals surface area contributed by atoms with Crippen LogP contribution in [0.1, 0.15) is 96.9 Å². The maximum absolute atomic E-state index is 14.2. The molecule has 25 nitrogen and oxygen atoms in total. The van der Waals surface area contributed by atoms with Crippen molar-refractivity contribution in [2.45, 2.75) is 102 Å². The van der Waals surface area contributed by atoms with Crippen molar-refractivity contribution < 1.29 is 71.9 Å². The smallest absolute Gasteiger partial charge is 0.416 e. The second kappa shape index (κ2) is 28.2. The highest BCUT2D eigenvalue weighted by molar-refractivity contribution is 6.13. The molecule has 8 N–H and O–H groups in total. The molecular weight excluding hydrogens is 1090 g/mol. The zero-order chi connectivity index (χ0) is 60.0. The quantitative estimate of drug-likeness (QED) is 0.0319. The van der Waals surface area contributed by atoms with E-state index in [4.69, 9.17) is 29.4 Å². The van der Waals surface area contributed by atoms with Gasteiger partial charge in [0, 0.05) is 69.1 Å². The molecule has 8 rings (SSSR count). The van der Waals surface area contributed by atoms with Crippen LogP contribution in [0.2, 0.25) is 0 Å². The predicted molar refractivity (Wildman–Crippen MR) is 306 cm³/mol. The topological polar surface area (TPSA) is 319 Å². The lowest BCUT2D eigenvalue weighted by Gasteiger charge is -2.31. The van der Waals surface area contributed by atoms with Gasteiger partial charge in [0.05, 0.1) is 68.6 Å².